The number of rotatable bonds is 5. The van der Waals surface area contributed by atoms with Crippen LogP contribution in [0.15, 0.2) is 48.8 Å². The molecule has 134 valence electrons. The van der Waals surface area contributed by atoms with Crippen molar-refractivity contribution in [1.29, 1.82) is 0 Å². The Hall–Kier alpha value is -2.53. The Kier molecular flexibility index (Phi) is 5.07. The fraction of sp³-hybridized carbons (Fsp3) is 0.381. The van der Waals surface area contributed by atoms with Gasteiger partial charge in [-0.2, -0.15) is 0 Å². The molecule has 0 saturated carbocycles. The van der Waals surface area contributed by atoms with E-state index in [9.17, 15) is 0 Å². The number of aromatic nitrogens is 3. The Morgan fingerprint density at radius 2 is 1.96 bits per heavy atom. The highest BCUT2D eigenvalue weighted by Gasteiger charge is 2.23. The van der Waals surface area contributed by atoms with Crippen LogP contribution in [0.3, 0.4) is 0 Å². The van der Waals surface area contributed by atoms with Gasteiger partial charge in [0, 0.05) is 43.0 Å². The first kappa shape index (κ1) is 16.9. The van der Waals surface area contributed by atoms with Crippen LogP contribution in [0.1, 0.15) is 19.8 Å². The molecule has 0 aliphatic carbocycles. The third-order valence-electron chi connectivity index (χ3n) is 4.90. The SMILES string of the molecule is CCOCC1CCCN(c2nc(-c3ccncc3)nc3ccccc23)C1. The maximum absolute atomic E-state index is 5.67. The van der Waals surface area contributed by atoms with E-state index in [0.29, 0.717) is 5.92 Å². The molecule has 0 radical (unpaired) electrons. The summed E-state index contributed by atoms with van der Waals surface area (Å²) in [5.74, 6) is 2.35. The molecule has 4 rings (SSSR count). The summed E-state index contributed by atoms with van der Waals surface area (Å²) in [6.45, 7) is 5.67. The summed E-state index contributed by atoms with van der Waals surface area (Å²) in [5.41, 5.74) is 1.98. The van der Waals surface area contributed by atoms with Gasteiger partial charge >= 0.3 is 0 Å². The molecule has 3 heterocycles. The molecule has 5 heteroatoms. The number of para-hydroxylation sites is 1. The Bertz CT molecular complexity index is 868. The van der Waals surface area contributed by atoms with Gasteiger partial charge < -0.3 is 9.64 Å². The van der Waals surface area contributed by atoms with E-state index in [-0.39, 0.29) is 0 Å². The summed E-state index contributed by atoms with van der Waals surface area (Å²) in [5, 5.41) is 1.11. The number of fused-ring (bicyclic) bond motifs is 1. The van der Waals surface area contributed by atoms with Gasteiger partial charge in [-0.05, 0) is 49.9 Å². The van der Waals surface area contributed by atoms with E-state index >= 15 is 0 Å². The van der Waals surface area contributed by atoms with Gasteiger partial charge in [-0.3, -0.25) is 4.98 Å². The Labute approximate surface area is 154 Å². The minimum Gasteiger partial charge on any atom is -0.381 e. The van der Waals surface area contributed by atoms with Crippen LogP contribution in [-0.4, -0.2) is 41.3 Å². The molecule has 0 spiro atoms. The summed E-state index contributed by atoms with van der Waals surface area (Å²) in [7, 11) is 0. The fourth-order valence-corrected chi connectivity index (χ4v) is 3.61. The summed E-state index contributed by atoms with van der Waals surface area (Å²) >= 11 is 0. The zero-order valence-electron chi connectivity index (χ0n) is 15.1. The Morgan fingerprint density at radius 1 is 1.12 bits per heavy atom. The fourth-order valence-electron chi connectivity index (χ4n) is 3.61. The van der Waals surface area contributed by atoms with E-state index in [1.807, 2.05) is 18.2 Å². The van der Waals surface area contributed by atoms with E-state index < -0.39 is 0 Å². The average molecular weight is 348 g/mol. The van der Waals surface area contributed by atoms with Crippen LogP contribution in [0.25, 0.3) is 22.3 Å². The molecule has 1 aromatic carbocycles. The quantitative estimate of drug-likeness (QED) is 0.699. The predicted octanol–water partition coefficient (Wildman–Crippen LogP) is 3.94. The molecule has 1 aliphatic rings. The standard InChI is InChI=1S/C21H24N4O/c1-2-26-15-16-6-5-13-25(14-16)21-18-7-3-4-8-19(18)23-20(24-21)17-9-11-22-12-10-17/h3-4,7-12,16H,2,5-6,13-15H2,1H3. The second kappa shape index (κ2) is 7.79. The van der Waals surface area contributed by atoms with E-state index in [1.165, 1.54) is 12.8 Å². The van der Waals surface area contributed by atoms with Crippen molar-refractivity contribution in [2.45, 2.75) is 19.8 Å². The van der Waals surface area contributed by atoms with Crippen molar-refractivity contribution in [3.05, 3.63) is 48.8 Å². The van der Waals surface area contributed by atoms with E-state index in [1.54, 1.807) is 12.4 Å². The van der Waals surface area contributed by atoms with Crippen molar-refractivity contribution >= 4 is 16.7 Å². The van der Waals surface area contributed by atoms with Crippen LogP contribution in [0.2, 0.25) is 0 Å². The largest absolute Gasteiger partial charge is 0.381 e. The van der Waals surface area contributed by atoms with Gasteiger partial charge in [0.25, 0.3) is 0 Å². The number of hydrogen-bond acceptors (Lipinski definition) is 5. The zero-order valence-corrected chi connectivity index (χ0v) is 15.1. The van der Waals surface area contributed by atoms with E-state index in [2.05, 4.69) is 35.0 Å². The maximum Gasteiger partial charge on any atom is 0.162 e. The number of pyridine rings is 1. The maximum atomic E-state index is 5.67. The first-order valence-corrected chi connectivity index (χ1v) is 9.35. The van der Waals surface area contributed by atoms with Gasteiger partial charge in [-0.25, -0.2) is 9.97 Å². The molecule has 1 aliphatic heterocycles. The zero-order chi connectivity index (χ0) is 17.8. The Balaban J connectivity index is 1.73. The normalized spacial score (nSPS) is 17.6. The summed E-state index contributed by atoms with van der Waals surface area (Å²) in [4.78, 5) is 16.2. The highest BCUT2D eigenvalue weighted by Crippen LogP contribution is 2.30. The van der Waals surface area contributed by atoms with Crippen molar-refractivity contribution in [1.82, 2.24) is 15.0 Å². The predicted molar refractivity (Wildman–Crippen MR) is 104 cm³/mol. The summed E-state index contributed by atoms with van der Waals surface area (Å²) in [6.07, 6.45) is 5.95. The molecule has 0 N–H and O–H groups in total. The molecular weight excluding hydrogens is 324 g/mol. The van der Waals surface area contributed by atoms with Crippen molar-refractivity contribution in [3.63, 3.8) is 0 Å². The molecule has 1 atom stereocenters. The minimum absolute atomic E-state index is 0.557. The first-order chi connectivity index (χ1) is 12.8. The van der Waals surface area contributed by atoms with Crippen LogP contribution in [0.5, 0.6) is 0 Å². The molecule has 26 heavy (non-hydrogen) atoms. The number of ether oxygens (including phenoxy) is 1. The number of piperidine rings is 1. The van der Waals surface area contributed by atoms with Crippen LogP contribution in [0, 0.1) is 5.92 Å². The lowest BCUT2D eigenvalue weighted by atomic mass is 9.98. The molecule has 5 nitrogen and oxygen atoms in total. The molecule has 1 unspecified atom stereocenters. The highest BCUT2D eigenvalue weighted by molar-refractivity contribution is 5.91. The molecule has 3 aromatic rings. The topological polar surface area (TPSA) is 51.1 Å². The van der Waals surface area contributed by atoms with E-state index in [4.69, 9.17) is 14.7 Å². The second-order valence-electron chi connectivity index (χ2n) is 6.74. The third kappa shape index (κ3) is 3.53. The molecule has 2 aromatic heterocycles. The lowest BCUT2D eigenvalue weighted by Crippen LogP contribution is -2.38. The lowest BCUT2D eigenvalue weighted by Gasteiger charge is -2.34. The number of hydrogen-bond donors (Lipinski definition) is 0. The highest BCUT2D eigenvalue weighted by atomic mass is 16.5. The Morgan fingerprint density at radius 3 is 2.81 bits per heavy atom. The van der Waals surface area contributed by atoms with Crippen LogP contribution in [-0.2, 0) is 4.74 Å². The number of benzene rings is 1. The van der Waals surface area contributed by atoms with Crippen molar-refractivity contribution in [2.24, 2.45) is 5.92 Å². The van der Waals surface area contributed by atoms with Crippen molar-refractivity contribution < 1.29 is 4.74 Å². The van der Waals surface area contributed by atoms with Gasteiger partial charge in [0.05, 0.1) is 12.1 Å². The molecule has 0 bridgehead atoms. The van der Waals surface area contributed by atoms with Crippen LogP contribution in [0.4, 0.5) is 5.82 Å². The number of nitrogens with zero attached hydrogens (tertiary/aromatic N) is 4. The average Bonchev–Trinajstić information content (AvgIpc) is 2.72. The number of anilines is 1. The van der Waals surface area contributed by atoms with Gasteiger partial charge in [0.1, 0.15) is 5.82 Å². The van der Waals surface area contributed by atoms with Gasteiger partial charge in [-0.1, -0.05) is 12.1 Å². The smallest absolute Gasteiger partial charge is 0.162 e. The van der Waals surface area contributed by atoms with Gasteiger partial charge in [0.2, 0.25) is 0 Å². The van der Waals surface area contributed by atoms with Crippen molar-refractivity contribution in [3.8, 4) is 11.4 Å². The van der Waals surface area contributed by atoms with Crippen LogP contribution >= 0.6 is 0 Å². The van der Waals surface area contributed by atoms with Crippen molar-refractivity contribution in [2.75, 3.05) is 31.2 Å². The second-order valence-corrected chi connectivity index (χ2v) is 6.74. The molecule has 0 amide bonds. The van der Waals surface area contributed by atoms with Gasteiger partial charge in [0.15, 0.2) is 5.82 Å². The molecular formula is C21H24N4O. The molecule has 1 fully saturated rings. The lowest BCUT2D eigenvalue weighted by molar-refractivity contribution is 0.104. The first-order valence-electron chi connectivity index (χ1n) is 9.35. The van der Waals surface area contributed by atoms with Crippen LogP contribution < -0.4 is 4.90 Å². The monoisotopic (exact) mass is 348 g/mol. The molecule has 1 saturated heterocycles. The summed E-state index contributed by atoms with van der Waals surface area (Å²) < 4.78 is 5.67. The third-order valence-corrected chi connectivity index (χ3v) is 4.90. The minimum atomic E-state index is 0.557. The summed E-state index contributed by atoms with van der Waals surface area (Å²) in [6, 6.07) is 12.2. The van der Waals surface area contributed by atoms with Gasteiger partial charge in [-0.15, -0.1) is 0 Å². The van der Waals surface area contributed by atoms with E-state index in [0.717, 1.165) is 54.4 Å².